The van der Waals surface area contributed by atoms with Gasteiger partial charge in [0.2, 0.25) is 0 Å². The lowest BCUT2D eigenvalue weighted by atomic mass is 10.0. The highest BCUT2D eigenvalue weighted by Gasteiger charge is 2.24. The minimum Gasteiger partial charge on any atom is -0.480 e. The third-order valence-electron chi connectivity index (χ3n) is 2.44. The molecule has 0 aromatic carbocycles. The van der Waals surface area contributed by atoms with Gasteiger partial charge in [-0.3, -0.25) is 4.79 Å². The van der Waals surface area contributed by atoms with Gasteiger partial charge in [0.05, 0.1) is 17.8 Å². The molecule has 19 heavy (non-hydrogen) atoms. The van der Waals surface area contributed by atoms with E-state index in [1.54, 1.807) is 5.51 Å². The van der Waals surface area contributed by atoms with E-state index in [4.69, 9.17) is 9.84 Å². The van der Waals surface area contributed by atoms with E-state index in [-0.39, 0.29) is 12.5 Å². The van der Waals surface area contributed by atoms with Crippen LogP contribution >= 0.6 is 11.3 Å². The minimum atomic E-state index is -1.03. The summed E-state index contributed by atoms with van der Waals surface area (Å²) in [5.41, 5.74) is 2.07. The summed E-state index contributed by atoms with van der Waals surface area (Å²) < 4.78 is 4.94. The SMILES string of the molecule is COCc1ncsc1C(=O)N[C@H](CC(C)C)C(=O)O. The average molecular weight is 286 g/mol. The predicted molar refractivity (Wildman–Crippen MR) is 71.2 cm³/mol. The second kappa shape index (κ2) is 7.20. The normalized spacial score (nSPS) is 12.4. The van der Waals surface area contributed by atoms with Gasteiger partial charge in [-0.2, -0.15) is 0 Å². The molecule has 7 heteroatoms. The van der Waals surface area contributed by atoms with Crippen LogP contribution in [0.25, 0.3) is 0 Å². The first-order chi connectivity index (χ1) is 8.95. The number of carboxylic acid groups (broad SMARTS) is 1. The van der Waals surface area contributed by atoms with Gasteiger partial charge in [-0.15, -0.1) is 11.3 Å². The Bertz CT molecular complexity index is 445. The molecule has 0 unspecified atom stereocenters. The maximum Gasteiger partial charge on any atom is 0.326 e. The Balaban J connectivity index is 2.76. The number of carbonyl (C=O) groups is 2. The van der Waals surface area contributed by atoms with Crippen LogP contribution < -0.4 is 5.32 Å². The van der Waals surface area contributed by atoms with Crippen LogP contribution in [-0.4, -0.2) is 35.1 Å². The monoisotopic (exact) mass is 286 g/mol. The molecule has 0 radical (unpaired) electrons. The van der Waals surface area contributed by atoms with Gasteiger partial charge in [-0.25, -0.2) is 9.78 Å². The molecule has 2 N–H and O–H groups in total. The van der Waals surface area contributed by atoms with Gasteiger partial charge in [0.25, 0.3) is 5.91 Å². The highest BCUT2D eigenvalue weighted by atomic mass is 32.1. The molecule has 1 rings (SSSR count). The molecule has 0 aliphatic carbocycles. The molecule has 1 heterocycles. The topological polar surface area (TPSA) is 88.5 Å². The first-order valence-electron chi connectivity index (χ1n) is 5.90. The molecule has 0 saturated carbocycles. The van der Waals surface area contributed by atoms with Crippen LogP contribution in [-0.2, 0) is 16.1 Å². The van der Waals surface area contributed by atoms with Crippen LogP contribution in [0.15, 0.2) is 5.51 Å². The summed E-state index contributed by atoms with van der Waals surface area (Å²) in [6.45, 7) is 4.05. The predicted octanol–water partition coefficient (Wildman–Crippen LogP) is 1.52. The first kappa shape index (κ1) is 15.6. The van der Waals surface area contributed by atoms with E-state index >= 15 is 0 Å². The summed E-state index contributed by atoms with van der Waals surface area (Å²) >= 11 is 1.17. The molecule has 0 fully saturated rings. The van der Waals surface area contributed by atoms with E-state index in [9.17, 15) is 9.59 Å². The number of amides is 1. The Labute approximate surface area is 115 Å². The van der Waals surface area contributed by atoms with E-state index in [1.807, 2.05) is 13.8 Å². The van der Waals surface area contributed by atoms with E-state index in [2.05, 4.69) is 10.3 Å². The van der Waals surface area contributed by atoms with E-state index in [0.717, 1.165) is 0 Å². The van der Waals surface area contributed by atoms with Crippen molar-refractivity contribution >= 4 is 23.2 Å². The van der Waals surface area contributed by atoms with Crippen LogP contribution in [0.2, 0.25) is 0 Å². The molecule has 1 amide bonds. The van der Waals surface area contributed by atoms with Gasteiger partial charge in [-0.1, -0.05) is 13.8 Å². The standard InChI is InChI=1S/C12H18N2O4S/c1-7(2)4-8(12(16)17)14-11(15)10-9(5-18-3)13-6-19-10/h6-8H,4-5H2,1-3H3,(H,14,15)(H,16,17)/t8-/m1/s1. The summed E-state index contributed by atoms with van der Waals surface area (Å²) in [6, 6.07) is -0.884. The minimum absolute atomic E-state index is 0.182. The Morgan fingerprint density at radius 1 is 1.53 bits per heavy atom. The zero-order valence-corrected chi connectivity index (χ0v) is 12.0. The summed E-state index contributed by atoms with van der Waals surface area (Å²) in [6.07, 6.45) is 0.388. The first-order valence-corrected chi connectivity index (χ1v) is 6.78. The largest absolute Gasteiger partial charge is 0.480 e. The Hall–Kier alpha value is -1.47. The highest BCUT2D eigenvalue weighted by Crippen LogP contribution is 2.15. The number of methoxy groups -OCH3 is 1. The van der Waals surface area contributed by atoms with Crippen molar-refractivity contribution in [2.45, 2.75) is 32.9 Å². The fourth-order valence-corrected chi connectivity index (χ4v) is 2.31. The molecular weight excluding hydrogens is 268 g/mol. The van der Waals surface area contributed by atoms with E-state index in [0.29, 0.717) is 17.0 Å². The number of carboxylic acids is 1. The van der Waals surface area contributed by atoms with Gasteiger partial charge >= 0.3 is 5.97 Å². The fourth-order valence-electron chi connectivity index (χ4n) is 1.61. The summed E-state index contributed by atoms with van der Waals surface area (Å²) in [5.74, 6) is -1.26. The number of ether oxygens (including phenoxy) is 1. The quantitative estimate of drug-likeness (QED) is 0.793. The second-order valence-electron chi connectivity index (χ2n) is 4.56. The van der Waals surface area contributed by atoms with Gasteiger partial charge in [0.15, 0.2) is 0 Å². The summed E-state index contributed by atoms with van der Waals surface area (Å²) in [7, 11) is 1.51. The second-order valence-corrected chi connectivity index (χ2v) is 5.41. The molecular formula is C12H18N2O4S. The molecule has 6 nitrogen and oxygen atoms in total. The molecule has 1 atom stereocenters. The Morgan fingerprint density at radius 3 is 2.74 bits per heavy atom. The van der Waals surface area contributed by atoms with Crippen LogP contribution in [0.1, 0.15) is 35.6 Å². The molecule has 0 aliphatic heterocycles. The van der Waals surface area contributed by atoms with E-state index in [1.165, 1.54) is 18.4 Å². The maximum atomic E-state index is 12.0. The number of nitrogens with one attached hydrogen (secondary N) is 1. The summed E-state index contributed by atoms with van der Waals surface area (Å²) in [4.78, 5) is 27.6. The Kier molecular flexibility index (Phi) is 5.91. The van der Waals surface area contributed by atoms with Gasteiger partial charge in [0.1, 0.15) is 10.9 Å². The van der Waals surface area contributed by atoms with Crippen LogP contribution in [0, 0.1) is 5.92 Å². The number of aromatic nitrogens is 1. The van der Waals surface area contributed by atoms with Crippen LogP contribution in [0.5, 0.6) is 0 Å². The molecule has 1 aromatic heterocycles. The van der Waals surface area contributed by atoms with Crippen molar-refractivity contribution in [1.82, 2.24) is 10.3 Å². The molecule has 1 aromatic rings. The van der Waals surface area contributed by atoms with E-state index < -0.39 is 17.9 Å². The zero-order valence-electron chi connectivity index (χ0n) is 11.2. The van der Waals surface area contributed by atoms with Crippen molar-refractivity contribution in [3.63, 3.8) is 0 Å². The number of nitrogens with zero attached hydrogens (tertiary/aromatic N) is 1. The molecule has 0 spiro atoms. The molecule has 106 valence electrons. The smallest absolute Gasteiger partial charge is 0.326 e. The van der Waals surface area contributed by atoms with Gasteiger partial charge in [0, 0.05) is 7.11 Å². The Morgan fingerprint density at radius 2 is 2.21 bits per heavy atom. The summed E-state index contributed by atoms with van der Waals surface area (Å²) in [5, 5.41) is 11.6. The van der Waals surface area contributed by atoms with Crippen LogP contribution in [0.3, 0.4) is 0 Å². The number of hydrogen-bond acceptors (Lipinski definition) is 5. The van der Waals surface area contributed by atoms with Gasteiger partial charge in [-0.05, 0) is 12.3 Å². The van der Waals surface area contributed by atoms with Crippen molar-refractivity contribution in [1.29, 1.82) is 0 Å². The zero-order chi connectivity index (χ0) is 14.4. The average Bonchev–Trinajstić information content (AvgIpc) is 2.76. The third-order valence-corrected chi connectivity index (χ3v) is 3.31. The van der Waals surface area contributed by atoms with Gasteiger partial charge < -0.3 is 15.2 Å². The number of carbonyl (C=O) groups excluding carboxylic acids is 1. The lowest BCUT2D eigenvalue weighted by molar-refractivity contribution is -0.139. The number of aliphatic carboxylic acids is 1. The number of hydrogen-bond donors (Lipinski definition) is 2. The molecule has 0 bridgehead atoms. The van der Waals surface area contributed by atoms with Crippen molar-refractivity contribution in [3.8, 4) is 0 Å². The van der Waals surface area contributed by atoms with Crippen molar-refractivity contribution in [2.24, 2.45) is 5.92 Å². The lowest BCUT2D eigenvalue weighted by Crippen LogP contribution is -2.41. The third kappa shape index (κ3) is 4.60. The van der Waals surface area contributed by atoms with Crippen molar-refractivity contribution in [2.75, 3.05) is 7.11 Å². The molecule has 0 aliphatic rings. The number of rotatable bonds is 7. The maximum absolute atomic E-state index is 12.0. The van der Waals surface area contributed by atoms with Crippen LogP contribution in [0.4, 0.5) is 0 Å². The van der Waals surface area contributed by atoms with Crippen molar-refractivity contribution < 1.29 is 19.4 Å². The highest BCUT2D eigenvalue weighted by molar-refractivity contribution is 7.11. The fraction of sp³-hybridized carbons (Fsp3) is 0.583. The molecule has 0 saturated heterocycles. The van der Waals surface area contributed by atoms with Crippen molar-refractivity contribution in [3.05, 3.63) is 16.1 Å². The lowest BCUT2D eigenvalue weighted by Gasteiger charge is -2.16. The number of thiazole rings is 1.